The molecular formula is C25H35N3O4S. The van der Waals surface area contributed by atoms with E-state index in [1.54, 1.807) is 49.4 Å². The molecule has 0 radical (unpaired) electrons. The summed E-state index contributed by atoms with van der Waals surface area (Å²) in [6.07, 6.45) is 9.57. The Hall–Kier alpha value is -2.35. The molecule has 1 aliphatic rings. The van der Waals surface area contributed by atoms with Gasteiger partial charge in [-0.05, 0) is 37.0 Å². The van der Waals surface area contributed by atoms with Crippen LogP contribution in [0.15, 0.2) is 30.7 Å². The lowest BCUT2D eigenvalue weighted by Crippen LogP contribution is -2.47. The maximum atomic E-state index is 13.2. The van der Waals surface area contributed by atoms with Crippen LogP contribution < -0.4 is 5.32 Å². The molecule has 1 N–H and O–H groups in total. The van der Waals surface area contributed by atoms with Gasteiger partial charge in [0.25, 0.3) is 0 Å². The monoisotopic (exact) mass is 473 g/mol. The number of hydrogen-bond donors (Lipinski definition) is 1. The molecule has 0 bridgehead atoms. The molecule has 0 saturated heterocycles. The first-order chi connectivity index (χ1) is 15.7. The number of carbonyl (C=O) groups excluding carboxylic acids is 4. The second kappa shape index (κ2) is 13.4. The third-order valence-electron chi connectivity index (χ3n) is 5.91. The van der Waals surface area contributed by atoms with Crippen LogP contribution >= 0.6 is 11.8 Å². The molecule has 1 amide bonds. The molecule has 7 nitrogen and oxygen atoms in total. The number of amides is 1. The van der Waals surface area contributed by atoms with E-state index < -0.39 is 17.9 Å². The van der Waals surface area contributed by atoms with Crippen molar-refractivity contribution in [3.63, 3.8) is 0 Å². The van der Waals surface area contributed by atoms with Crippen molar-refractivity contribution in [3.05, 3.63) is 36.4 Å². The van der Waals surface area contributed by atoms with Gasteiger partial charge < -0.3 is 5.32 Å². The van der Waals surface area contributed by atoms with Gasteiger partial charge >= 0.3 is 0 Å². The molecular weight excluding hydrogens is 438 g/mol. The summed E-state index contributed by atoms with van der Waals surface area (Å²) in [5.74, 6) is -0.247. The number of thioether (sulfide) groups is 1. The maximum Gasteiger partial charge on any atom is 0.224 e. The largest absolute Gasteiger partial charge is 0.345 e. The van der Waals surface area contributed by atoms with E-state index in [9.17, 15) is 19.2 Å². The van der Waals surface area contributed by atoms with Crippen LogP contribution in [0.4, 0.5) is 0 Å². The zero-order chi connectivity index (χ0) is 24.4. The van der Waals surface area contributed by atoms with E-state index in [2.05, 4.69) is 15.3 Å². The van der Waals surface area contributed by atoms with Gasteiger partial charge in [0.2, 0.25) is 5.91 Å². The van der Waals surface area contributed by atoms with Crippen LogP contribution in [0.5, 0.6) is 0 Å². The summed E-state index contributed by atoms with van der Waals surface area (Å²) in [6, 6.07) is -0.609. The first kappa shape index (κ1) is 26.9. The Morgan fingerprint density at radius 3 is 2.64 bits per heavy atom. The highest BCUT2D eigenvalue weighted by atomic mass is 32.2. The molecule has 1 aliphatic heterocycles. The van der Waals surface area contributed by atoms with Crippen LogP contribution in [-0.4, -0.2) is 50.8 Å². The second-order valence-electron chi connectivity index (χ2n) is 9.09. The third kappa shape index (κ3) is 8.84. The van der Waals surface area contributed by atoms with E-state index in [4.69, 9.17) is 0 Å². The Kier molecular flexibility index (Phi) is 10.9. The molecule has 1 aromatic rings. The molecule has 2 rings (SSSR count). The Labute approximate surface area is 200 Å². The van der Waals surface area contributed by atoms with Gasteiger partial charge in [0.1, 0.15) is 5.78 Å². The lowest BCUT2D eigenvalue weighted by atomic mass is 9.85. The molecule has 4 atom stereocenters. The summed E-state index contributed by atoms with van der Waals surface area (Å²) in [7, 11) is 0. The van der Waals surface area contributed by atoms with E-state index in [-0.39, 0.29) is 47.9 Å². The highest BCUT2D eigenvalue weighted by Crippen LogP contribution is 2.23. The fraction of sp³-hybridized carbons (Fsp3) is 0.600. The van der Waals surface area contributed by atoms with Crippen molar-refractivity contribution in [2.45, 2.75) is 65.3 Å². The number of carbonyl (C=O) groups is 4. The lowest BCUT2D eigenvalue weighted by Gasteiger charge is -2.25. The van der Waals surface area contributed by atoms with E-state index in [0.29, 0.717) is 17.9 Å². The molecule has 8 heteroatoms. The quantitative estimate of drug-likeness (QED) is 0.645. The van der Waals surface area contributed by atoms with Crippen molar-refractivity contribution in [3.8, 4) is 0 Å². The number of rotatable bonds is 7. The van der Waals surface area contributed by atoms with Gasteiger partial charge in [0, 0.05) is 49.5 Å². The standard InChI is InChI=1S/C25H35N3O4S/c1-16(2)20(13-23(30)18(4)21-14-26-9-10-27-21)25(32)28-22-15-33-11-5-6-19(29)8-7-17(3)12-24(22)31/h7-10,14,16-18,20,22H,5-6,11-13,15H2,1-4H3,(H,28,32)/b8-7+/t17-,18-,20-,22-/m0/s1. The fourth-order valence-electron chi connectivity index (χ4n) is 3.65. The highest BCUT2D eigenvalue weighted by molar-refractivity contribution is 7.99. The lowest BCUT2D eigenvalue weighted by molar-refractivity contribution is -0.133. The van der Waals surface area contributed by atoms with Crippen LogP contribution in [0, 0.1) is 17.8 Å². The minimum atomic E-state index is -0.609. The SMILES string of the molecule is CC(C)[C@H](CC(=O)[C@@H](C)c1cnccn1)C(=O)N[C@H]1CSCCCC(=O)/C=C/[C@H](C)CC1=O. The number of Topliss-reactive ketones (excluding diaryl/α,β-unsaturated/α-hetero) is 2. The van der Waals surface area contributed by atoms with Crippen molar-refractivity contribution in [2.75, 3.05) is 11.5 Å². The van der Waals surface area contributed by atoms with Gasteiger partial charge in [-0.1, -0.05) is 26.8 Å². The van der Waals surface area contributed by atoms with Gasteiger partial charge in [0.15, 0.2) is 11.6 Å². The third-order valence-corrected chi connectivity index (χ3v) is 7.05. The van der Waals surface area contributed by atoms with Crippen molar-refractivity contribution < 1.29 is 19.2 Å². The van der Waals surface area contributed by atoms with E-state index >= 15 is 0 Å². The Bertz CT molecular complexity index is 856. The molecule has 180 valence electrons. The van der Waals surface area contributed by atoms with Crippen LogP contribution in [0.2, 0.25) is 0 Å². The number of nitrogens with one attached hydrogen (secondary N) is 1. The van der Waals surface area contributed by atoms with Crippen LogP contribution in [0.3, 0.4) is 0 Å². The smallest absolute Gasteiger partial charge is 0.224 e. The fourth-order valence-corrected chi connectivity index (χ4v) is 4.67. The topological polar surface area (TPSA) is 106 Å². The second-order valence-corrected chi connectivity index (χ2v) is 10.2. The van der Waals surface area contributed by atoms with E-state index in [1.807, 2.05) is 20.8 Å². The van der Waals surface area contributed by atoms with E-state index in [1.165, 1.54) is 0 Å². The summed E-state index contributed by atoms with van der Waals surface area (Å²) in [4.78, 5) is 59.1. The molecule has 0 unspecified atom stereocenters. The summed E-state index contributed by atoms with van der Waals surface area (Å²) in [5, 5.41) is 2.93. The van der Waals surface area contributed by atoms with Gasteiger partial charge in [0.05, 0.1) is 17.7 Å². The van der Waals surface area contributed by atoms with Crippen molar-refractivity contribution in [1.82, 2.24) is 15.3 Å². The van der Waals surface area contributed by atoms with Gasteiger partial charge in [-0.3, -0.25) is 29.1 Å². The molecule has 0 fully saturated rings. The molecule has 1 aromatic heterocycles. The van der Waals surface area contributed by atoms with Crippen molar-refractivity contribution in [2.24, 2.45) is 17.8 Å². The molecule has 0 spiro atoms. The average molecular weight is 474 g/mol. The predicted octanol–water partition coefficient (Wildman–Crippen LogP) is 3.54. The molecule has 33 heavy (non-hydrogen) atoms. The van der Waals surface area contributed by atoms with Gasteiger partial charge in [-0.2, -0.15) is 11.8 Å². The predicted molar refractivity (Wildman–Crippen MR) is 130 cm³/mol. The van der Waals surface area contributed by atoms with Crippen LogP contribution in [0.25, 0.3) is 0 Å². The zero-order valence-electron chi connectivity index (χ0n) is 20.0. The number of aromatic nitrogens is 2. The maximum absolute atomic E-state index is 13.2. The summed E-state index contributed by atoms with van der Waals surface area (Å²) < 4.78 is 0. The summed E-state index contributed by atoms with van der Waals surface area (Å²) in [5.41, 5.74) is 0.580. The van der Waals surface area contributed by atoms with Crippen molar-refractivity contribution >= 4 is 35.0 Å². The summed E-state index contributed by atoms with van der Waals surface area (Å²) >= 11 is 1.57. The minimum Gasteiger partial charge on any atom is -0.345 e. The Morgan fingerprint density at radius 1 is 1.21 bits per heavy atom. The number of hydrogen-bond acceptors (Lipinski definition) is 7. The zero-order valence-corrected chi connectivity index (χ0v) is 20.8. The molecule has 0 saturated carbocycles. The van der Waals surface area contributed by atoms with Crippen LogP contribution in [-0.2, 0) is 19.2 Å². The highest BCUT2D eigenvalue weighted by Gasteiger charge is 2.31. The Morgan fingerprint density at radius 2 is 1.97 bits per heavy atom. The molecule has 0 aromatic carbocycles. The number of nitrogens with zero attached hydrogens (tertiary/aromatic N) is 2. The number of allylic oxidation sites excluding steroid dienone is 2. The first-order valence-corrected chi connectivity index (χ1v) is 12.7. The summed E-state index contributed by atoms with van der Waals surface area (Å²) in [6.45, 7) is 7.48. The normalized spacial score (nSPS) is 23.2. The van der Waals surface area contributed by atoms with Crippen molar-refractivity contribution in [1.29, 1.82) is 0 Å². The number of ketones is 3. The van der Waals surface area contributed by atoms with Gasteiger partial charge in [-0.15, -0.1) is 0 Å². The molecule has 2 heterocycles. The average Bonchev–Trinajstić information content (AvgIpc) is 2.78. The van der Waals surface area contributed by atoms with E-state index in [0.717, 1.165) is 12.2 Å². The van der Waals surface area contributed by atoms with Gasteiger partial charge in [-0.25, -0.2) is 0 Å². The minimum absolute atomic E-state index is 0.0530. The molecule has 0 aliphatic carbocycles. The van der Waals surface area contributed by atoms with Crippen LogP contribution in [0.1, 0.15) is 65.0 Å². The Balaban J connectivity index is 2.08. The first-order valence-electron chi connectivity index (χ1n) is 11.6.